The average molecular weight is 194 g/mol. The molecule has 0 aliphatic heterocycles. The summed E-state index contributed by atoms with van der Waals surface area (Å²) in [5.74, 6) is 1.52. The lowest BCUT2D eigenvalue weighted by Gasteiger charge is -2.20. The molecule has 3 heteroatoms. The number of nitrogens with zero attached hydrogens (tertiary/aromatic N) is 1. The van der Waals surface area contributed by atoms with E-state index in [1.165, 1.54) is 32.1 Å². The molecule has 78 valence electrons. The molecule has 1 aromatic heterocycles. The van der Waals surface area contributed by atoms with Crippen molar-refractivity contribution in [1.82, 2.24) is 5.16 Å². The van der Waals surface area contributed by atoms with E-state index < -0.39 is 0 Å². The van der Waals surface area contributed by atoms with Gasteiger partial charge in [-0.1, -0.05) is 24.4 Å². The molecule has 1 heterocycles. The van der Waals surface area contributed by atoms with Crippen molar-refractivity contribution < 1.29 is 4.52 Å². The molecular formula is C11H18N2O. The number of nitrogens with one attached hydrogen (secondary N) is 1. The van der Waals surface area contributed by atoms with Crippen molar-refractivity contribution >= 4 is 5.69 Å². The Kier molecular flexibility index (Phi) is 2.75. The first-order valence-electron chi connectivity index (χ1n) is 5.47. The Labute approximate surface area is 84.9 Å². The lowest BCUT2D eigenvalue weighted by atomic mass is 9.86. The average Bonchev–Trinajstić information content (AvgIpc) is 2.61. The summed E-state index contributed by atoms with van der Waals surface area (Å²) in [5.41, 5.74) is 2.25. The van der Waals surface area contributed by atoms with E-state index in [0.717, 1.165) is 17.1 Å². The predicted molar refractivity (Wildman–Crippen MR) is 56.6 cm³/mol. The molecule has 0 radical (unpaired) electrons. The van der Waals surface area contributed by atoms with Crippen LogP contribution in [0.15, 0.2) is 4.52 Å². The van der Waals surface area contributed by atoms with Crippen molar-refractivity contribution in [3.8, 4) is 0 Å². The molecule has 0 amide bonds. The van der Waals surface area contributed by atoms with Crippen LogP contribution in [0.3, 0.4) is 0 Å². The Balaban J connectivity index is 2.21. The van der Waals surface area contributed by atoms with Gasteiger partial charge in [0.05, 0.1) is 0 Å². The molecule has 0 unspecified atom stereocenters. The van der Waals surface area contributed by atoms with Crippen molar-refractivity contribution in [2.24, 2.45) is 0 Å². The van der Waals surface area contributed by atoms with Gasteiger partial charge in [-0.25, -0.2) is 0 Å². The number of aryl methyl sites for hydroxylation is 1. The van der Waals surface area contributed by atoms with Crippen LogP contribution in [-0.2, 0) is 0 Å². The standard InChI is InChI=1S/C11H18N2O/c1-8-10(12-2)11(13-14-8)9-6-4-3-5-7-9/h9,12H,3-7H2,1-2H3. The van der Waals surface area contributed by atoms with Crippen LogP contribution in [0.1, 0.15) is 49.5 Å². The minimum atomic E-state index is 0.614. The normalized spacial score (nSPS) is 18.4. The second-order valence-electron chi connectivity index (χ2n) is 4.08. The van der Waals surface area contributed by atoms with Crippen molar-refractivity contribution in [2.45, 2.75) is 44.9 Å². The fourth-order valence-corrected chi connectivity index (χ4v) is 2.35. The van der Waals surface area contributed by atoms with E-state index in [-0.39, 0.29) is 0 Å². The summed E-state index contributed by atoms with van der Waals surface area (Å²) >= 11 is 0. The summed E-state index contributed by atoms with van der Waals surface area (Å²) < 4.78 is 5.23. The van der Waals surface area contributed by atoms with Gasteiger partial charge in [0.1, 0.15) is 11.4 Å². The molecule has 2 rings (SSSR count). The van der Waals surface area contributed by atoms with Gasteiger partial charge in [-0.15, -0.1) is 0 Å². The molecule has 1 saturated carbocycles. The minimum absolute atomic E-state index is 0.614. The number of hydrogen-bond acceptors (Lipinski definition) is 3. The third-order valence-electron chi connectivity index (χ3n) is 3.13. The maximum absolute atomic E-state index is 5.23. The van der Waals surface area contributed by atoms with Gasteiger partial charge in [0.25, 0.3) is 0 Å². The number of hydrogen-bond donors (Lipinski definition) is 1. The first-order valence-corrected chi connectivity index (χ1v) is 5.47. The zero-order valence-electron chi connectivity index (χ0n) is 8.97. The molecule has 1 N–H and O–H groups in total. The van der Waals surface area contributed by atoms with Crippen LogP contribution in [0.4, 0.5) is 5.69 Å². The lowest BCUT2D eigenvalue weighted by molar-refractivity contribution is 0.367. The van der Waals surface area contributed by atoms with Crippen molar-refractivity contribution in [1.29, 1.82) is 0 Å². The summed E-state index contributed by atoms with van der Waals surface area (Å²) in [6.07, 6.45) is 6.57. The monoisotopic (exact) mass is 194 g/mol. The van der Waals surface area contributed by atoms with Crippen LogP contribution in [-0.4, -0.2) is 12.2 Å². The van der Waals surface area contributed by atoms with Crippen LogP contribution in [0.2, 0.25) is 0 Å². The van der Waals surface area contributed by atoms with Crippen molar-refractivity contribution in [3.05, 3.63) is 11.5 Å². The van der Waals surface area contributed by atoms with E-state index in [1.807, 2.05) is 14.0 Å². The van der Waals surface area contributed by atoms with Gasteiger partial charge < -0.3 is 9.84 Å². The lowest BCUT2D eigenvalue weighted by Crippen LogP contribution is -2.07. The molecule has 1 aliphatic carbocycles. The number of rotatable bonds is 2. The predicted octanol–water partition coefficient (Wildman–Crippen LogP) is 3.07. The van der Waals surface area contributed by atoms with E-state index in [2.05, 4.69) is 10.5 Å². The maximum Gasteiger partial charge on any atom is 0.157 e. The van der Waals surface area contributed by atoms with E-state index >= 15 is 0 Å². The highest BCUT2D eigenvalue weighted by Crippen LogP contribution is 2.36. The van der Waals surface area contributed by atoms with Crippen LogP contribution in [0.5, 0.6) is 0 Å². The third kappa shape index (κ3) is 1.63. The van der Waals surface area contributed by atoms with Gasteiger partial charge in [-0.3, -0.25) is 0 Å². The number of aromatic nitrogens is 1. The first kappa shape index (κ1) is 9.56. The highest BCUT2D eigenvalue weighted by atomic mass is 16.5. The summed E-state index contributed by atoms with van der Waals surface area (Å²) in [7, 11) is 1.94. The van der Waals surface area contributed by atoms with E-state index in [0.29, 0.717) is 5.92 Å². The SMILES string of the molecule is CNc1c(C2CCCCC2)noc1C. The second-order valence-corrected chi connectivity index (χ2v) is 4.08. The third-order valence-corrected chi connectivity index (χ3v) is 3.13. The van der Waals surface area contributed by atoms with E-state index in [1.54, 1.807) is 0 Å². The summed E-state index contributed by atoms with van der Waals surface area (Å²) in [4.78, 5) is 0. The van der Waals surface area contributed by atoms with E-state index in [9.17, 15) is 0 Å². The minimum Gasteiger partial charge on any atom is -0.384 e. The zero-order chi connectivity index (χ0) is 9.97. The molecule has 1 aromatic rings. The Bertz CT molecular complexity index is 300. The quantitative estimate of drug-likeness (QED) is 0.786. The van der Waals surface area contributed by atoms with Gasteiger partial charge in [0.15, 0.2) is 5.76 Å². The Hall–Kier alpha value is -0.990. The summed E-state index contributed by atoms with van der Waals surface area (Å²) in [6.45, 7) is 1.96. The number of anilines is 1. The van der Waals surface area contributed by atoms with E-state index in [4.69, 9.17) is 4.52 Å². The smallest absolute Gasteiger partial charge is 0.157 e. The van der Waals surface area contributed by atoms with Gasteiger partial charge in [-0.05, 0) is 19.8 Å². The zero-order valence-corrected chi connectivity index (χ0v) is 8.97. The summed E-state index contributed by atoms with van der Waals surface area (Å²) in [5, 5.41) is 7.36. The van der Waals surface area contributed by atoms with Gasteiger partial charge >= 0.3 is 0 Å². The molecular weight excluding hydrogens is 176 g/mol. The highest BCUT2D eigenvalue weighted by Gasteiger charge is 2.23. The molecule has 0 spiro atoms. The summed E-state index contributed by atoms with van der Waals surface area (Å²) in [6, 6.07) is 0. The Morgan fingerprint density at radius 1 is 1.29 bits per heavy atom. The fraction of sp³-hybridized carbons (Fsp3) is 0.727. The second kappa shape index (κ2) is 4.03. The van der Waals surface area contributed by atoms with Crippen molar-refractivity contribution in [2.75, 3.05) is 12.4 Å². The molecule has 3 nitrogen and oxygen atoms in total. The fourth-order valence-electron chi connectivity index (χ4n) is 2.35. The first-order chi connectivity index (χ1) is 6.83. The van der Waals surface area contributed by atoms with Gasteiger partial charge in [0.2, 0.25) is 0 Å². The molecule has 1 fully saturated rings. The largest absolute Gasteiger partial charge is 0.384 e. The Morgan fingerprint density at radius 2 is 2.00 bits per heavy atom. The van der Waals surface area contributed by atoms with Crippen molar-refractivity contribution in [3.63, 3.8) is 0 Å². The van der Waals surface area contributed by atoms with Gasteiger partial charge in [-0.2, -0.15) is 0 Å². The topological polar surface area (TPSA) is 38.1 Å². The highest BCUT2D eigenvalue weighted by molar-refractivity contribution is 5.51. The van der Waals surface area contributed by atoms with Crippen LogP contribution < -0.4 is 5.32 Å². The van der Waals surface area contributed by atoms with Crippen LogP contribution in [0, 0.1) is 6.92 Å². The molecule has 0 aromatic carbocycles. The molecule has 0 bridgehead atoms. The molecule has 14 heavy (non-hydrogen) atoms. The maximum atomic E-state index is 5.23. The molecule has 0 saturated heterocycles. The molecule has 1 aliphatic rings. The Morgan fingerprint density at radius 3 is 2.64 bits per heavy atom. The van der Waals surface area contributed by atoms with Gasteiger partial charge in [0, 0.05) is 13.0 Å². The van der Waals surface area contributed by atoms with Crippen LogP contribution >= 0.6 is 0 Å². The van der Waals surface area contributed by atoms with Crippen LogP contribution in [0.25, 0.3) is 0 Å². The molecule has 0 atom stereocenters.